The van der Waals surface area contributed by atoms with Crippen molar-refractivity contribution in [1.82, 2.24) is 0 Å². The number of hydrogen-bond acceptors (Lipinski definition) is 2. The number of anilines is 1. The van der Waals surface area contributed by atoms with E-state index in [2.05, 4.69) is 11.4 Å². The maximum atomic E-state index is 12.3. The third kappa shape index (κ3) is 5.89. The van der Waals surface area contributed by atoms with Gasteiger partial charge in [0.2, 0.25) is 0 Å². The number of benzene rings is 2. The molecule has 2 aromatic rings. The first kappa shape index (κ1) is 19.5. The number of carboxylic acid groups (broad SMARTS) is 1. The van der Waals surface area contributed by atoms with Crippen LogP contribution in [0.1, 0.15) is 33.5 Å². The van der Waals surface area contributed by atoms with Crippen molar-refractivity contribution in [1.29, 1.82) is 0 Å². The molecule has 0 spiro atoms. The van der Waals surface area contributed by atoms with Crippen molar-refractivity contribution in [2.45, 2.75) is 26.7 Å². The molecule has 0 bridgehead atoms. The van der Waals surface area contributed by atoms with Crippen LogP contribution in [0.15, 0.2) is 36.4 Å². The molecule has 0 heterocycles. The largest absolute Gasteiger partial charge is 0.481 e. The Hall–Kier alpha value is -1.52. The van der Waals surface area contributed by atoms with Gasteiger partial charge in [-0.15, -0.1) is 0 Å². The fourth-order valence-electron chi connectivity index (χ4n) is 2.17. The van der Waals surface area contributed by atoms with Crippen molar-refractivity contribution in [3.05, 3.63) is 64.7 Å². The van der Waals surface area contributed by atoms with Crippen LogP contribution in [-0.2, 0) is 43.9 Å². The van der Waals surface area contributed by atoms with Gasteiger partial charge in [0.05, 0.1) is 0 Å². The number of carboxylic acids is 1. The number of nitrogens with one attached hydrogen (secondary N) is 1. The summed E-state index contributed by atoms with van der Waals surface area (Å²) in [6.45, 7) is 3.76. The van der Waals surface area contributed by atoms with Crippen LogP contribution in [0.3, 0.4) is 0 Å². The number of aryl methyl sites for hydroxylation is 3. The summed E-state index contributed by atoms with van der Waals surface area (Å²) < 4.78 is 0. The van der Waals surface area contributed by atoms with E-state index in [4.69, 9.17) is 5.11 Å². The predicted molar refractivity (Wildman–Crippen MR) is 85.1 cm³/mol. The summed E-state index contributed by atoms with van der Waals surface area (Å²) in [5, 5.41) is 11.6. The normalized spacial score (nSPS) is 9.83. The average Bonchev–Trinajstić information content (AvgIpc) is 2.48. The minimum absolute atomic E-state index is 0. The van der Waals surface area contributed by atoms with E-state index in [1.807, 2.05) is 38.1 Å². The summed E-state index contributed by atoms with van der Waals surface area (Å²) in [5.41, 5.74) is 3.91. The summed E-state index contributed by atoms with van der Waals surface area (Å²) in [6, 6.07) is 14.0. The molecule has 0 unspecified atom stereocenters. The molecule has 117 valence electrons. The van der Waals surface area contributed by atoms with Gasteiger partial charge in [0, 0.05) is 44.8 Å². The first-order valence-corrected chi connectivity index (χ1v) is 7.07. The van der Waals surface area contributed by atoms with E-state index in [1.165, 1.54) is 0 Å². The van der Waals surface area contributed by atoms with Crippen LogP contribution in [0, 0.1) is 19.9 Å². The number of hydrogen-bond donors (Lipinski definition) is 2. The average molecular weight is 385 g/mol. The Balaban J connectivity index is 0.00000264. The van der Waals surface area contributed by atoms with E-state index in [0.717, 1.165) is 16.7 Å². The first-order chi connectivity index (χ1) is 10.5. The number of rotatable bonds is 5. The van der Waals surface area contributed by atoms with E-state index in [0.29, 0.717) is 17.7 Å². The zero-order valence-electron chi connectivity index (χ0n) is 13.2. The second kappa shape index (κ2) is 8.95. The molecule has 2 rings (SSSR count). The van der Waals surface area contributed by atoms with Gasteiger partial charge in [-0.05, 0) is 24.1 Å². The van der Waals surface area contributed by atoms with E-state index >= 15 is 0 Å². The Morgan fingerprint density at radius 1 is 1.22 bits per heavy atom. The van der Waals surface area contributed by atoms with Crippen molar-refractivity contribution < 1.29 is 47.4 Å². The molecule has 1 amide bonds. The molecule has 1 radical (unpaired) electrons. The van der Waals surface area contributed by atoms with E-state index in [-0.39, 0.29) is 45.0 Å². The fourth-order valence-corrected chi connectivity index (χ4v) is 2.17. The molecule has 0 aliphatic rings. The molecule has 5 heteroatoms. The van der Waals surface area contributed by atoms with Gasteiger partial charge < -0.3 is 10.4 Å². The van der Waals surface area contributed by atoms with E-state index < -0.39 is 5.97 Å². The molecule has 0 saturated carbocycles. The fraction of sp³-hybridized carbons (Fsp3) is 0.222. The van der Waals surface area contributed by atoms with Gasteiger partial charge in [-0.25, -0.2) is 0 Å². The van der Waals surface area contributed by atoms with Gasteiger partial charge in [-0.3, -0.25) is 9.59 Å². The molecule has 0 atom stereocenters. The quantitative estimate of drug-likeness (QED) is 0.776. The molecule has 0 aromatic heterocycles. The third-order valence-corrected chi connectivity index (χ3v) is 3.35. The number of amides is 1. The third-order valence-electron chi connectivity index (χ3n) is 3.35. The Morgan fingerprint density at radius 3 is 2.65 bits per heavy atom. The summed E-state index contributed by atoms with van der Waals surface area (Å²) >= 11 is 0. The Kier molecular flexibility index (Phi) is 7.60. The topological polar surface area (TPSA) is 66.4 Å². The molecule has 23 heavy (non-hydrogen) atoms. The van der Waals surface area contributed by atoms with Gasteiger partial charge in [0.15, 0.2) is 5.91 Å². The molecule has 0 aliphatic heterocycles. The summed E-state index contributed by atoms with van der Waals surface area (Å²) in [4.78, 5) is 23.0. The molecular weight excluding hydrogens is 367 g/mol. The van der Waals surface area contributed by atoms with Gasteiger partial charge in [0.25, 0.3) is 0 Å². The molecule has 0 fully saturated rings. The molecule has 2 aromatic carbocycles. The predicted octanol–water partition coefficient (Wildman–Crippen LogP) is 3.37. The van der Waals surface area contributed by atoms with E-state index in [9.17, 15) is 9.59 Å². The minimum atomic E-state index is -0.833. The van der Waals surface area contributed by atoms with Crippen LogP contribution in [0.25, 0.3) is 0 Å². The number of carbonyl (C=O) groups excluding carboxylic acids is 1. The second-order valence-electron chi connectivity index (χ2n) is 5.26. The summed E-state index contributed by atoms with van der Waals surface area (Å²) in [6.07, 6.45) is 0.514. The minimum Gasteiger partial charge on any atom is -0.481 e. The first-order valence-electron chi connectivity index (χ1n) is 7.07. The van der Waals surface area contributed by atoms with Gasteiger partial charge in [0.1, 0.15) is 0 Å². The zero-order valence-corrected chi connectivity index (χ0v) is 16.1. The molecule has 2 N–H and O–H groups in total. The van der Waals surface area contributed by atoms with Crippen LogP contribution in [0.4, 0.5) is 5.69 Å². The van der Waals surface area contributed by atoms with Gasteiger partial charge in [-0.2, -0.15) is 29.3 Å². The van der Waals surface area contributed by atoms with Crippen LogP contribution < -0.4 is 5.32 Å². The van der Waals surface area contributed by atoms with Crippen molar-refractivity contribution in [2.24, 2.45) is 0 Å². The van der Waals surface area contributed by atoms with Gasteiger partial charge in [-0.1, -0.05) is 31.5 Å². The molecule has 0 saturated heterocycles. The SMILES string of the molecule is Cc1c[c-]c(C)c(C(=O)Nc2cccc(CCC(=O)O)c2)c1.[Y]. The second-order valence-corrected chi connectivity index (χ2v) is 5.26. The Morgan fingerprint density at radius 2 is 1.96 bits per heavy atom. The zero-order chi connectivity index (χ0) is 16.1. The van der Waals surface area contributed by atoms with Crippen molar-refractivity contribution in [2.75, 3.05) is 5.32 Å². The van der Waals surface area contributed by atoms with Crippen molar-refractivity contribution in [3.8, 4) is 0 Å². The maximum Gasteiger partial charge on any atom is 0.303 e. The van der Waals surface area contributed by atoms with Crippen LogP contribution in [-0.4, -0.2) is 17.0 Å². The Labute approximate surface area is 161 Å². The van der Waals surface area contributed by atoms with Gasteiger partial charge >= 0.3 is 5.97 Å². The summed E-state index contributed by atoms with van der Waals surface area (Å²) in [5.74, 6) is -1.02. The van der Waals surface area contributed by atoms with E-state index in [1.54, 1.807) is 12.1 Å². The molecule has 0 aliphatic carbocycles. The Bertz CT molecular complexity index is 713. The van der Waals surface area contributed by atoms with Crippen molar-refractivity contribution in [3.63, 3.8) is 0 Å². The van der Waals surface area contributed by atoms with Crippen LogP contribution >= 0.6 is 0 Å². The smallest absolute Gasteiger partial charge is 0.303 e. The molecule has 4 nitrogen and oxygen atoms in total. The standard InChI is InChI=1S/C18H18NO3.Y/c1-12-6-7-13(2)16(10-12)18(22)19-15-5-3-4-14(11-15)8-9-17(20)21;/h3-6,10-11H,8-9H2,1-2H3,(H,19,22)(H,20,21);/q-1;. The molecular formula is C18H18NO3Y-. The van der Waals surface area contributed by atoms with Crippen LogP contribution in [0.5, 0.6) is 0 Å². The summed E-state index contributed by atoms with van der Waals surface area (Å²) in [7, 11) is 0. The number of aliphatic carboxylic acids is 1. The van der Waals surface area contributed by atoms with Crippen molar-refractivity contribution >= 4 is 17.6 Å². The number of carbonyl (C=O) groups is 2. The van der Waals surface area contributed by atoms with Crippen LogP contribution in [0.2, 0.25) is 0 Å². The maximum absolute atomic E-state index is 12.3. The monoisotopic (exact) mass is 385 g/mol.